The van der Waals surface area contributed by atoms with Gasteiger partial charge in [0.2, 0.25) is 0 Å². The standard InChI is InChI=1S/C15H15N3O2S/c1-8-9(2)17-13-4-3-10(5-12(8)13)14(19)16-6-11-7-21-15(20)18-11/h3-5,7,17H,6H2,1-2H3,(H,16,19)(H,18,20). The number of aromatic nitrogens is 2. The third-order valence-corrected chi connectivity index (χ3v) is 4.30. The molecule has 3 aromatic rings. The highest BCUT2D eigenvalue weighted by molar-refractivity contribution is 7.07. The molecule has 0 radical (unpaired) electrons. The van der Waals surface area contributed by atoms with Crippen molar-refractivity contribution in [3.05, 3.63) is 55.8 Å². The molecule has 3 rings (SSSR count). The molecule has 1 amide bonds. The number of carbonyl (C=O) groups is 1. The first-order valence-corrected chi connectivity index (χ1v) is 7.46. The number of carbonyl (C=O) groups excluding carboxylic acids is 1. The van der Waals surface area contributed by atoms with Crippen LogP contribution in [0.2, 0.25) is 0 Å². The minimum atomic E-state index is -0.151. The van der Waals surface area contributed by atoms with Crippen molar-refractivity contribution in [1.82, 2.24) is 15.3 Å². The summed E-state index contributed by atoms with van der Waals surface area (Å²) in [6.45, 7) is 4.37. The first-order valence-electron chi connectivity index (χ1n) is 6.58. The van der Waals surface area contributed by atoms with Crippen molar-refractivity contribution in [1.29, 1.82) is 0 Å². The average molecular weight is 301 g/mol. The maximum Gasteiger partial charge on any atom is 0.304 e. The zero-order valence-electron chi connectivity index (χ0n) is 11.7. The van der Waals surface area contributed by atoms with Gasteiger partial charge < -0.3 is 15.3 Å². The van der Waals surface area contributed by atoms with Crippen LogP contribution >= 0.6 is 11.3 Å². The molecule has 0 fully saturated rings. The molecule has 0 spiro atoms. The van der Waals surface area contributed by atoms with E-state index in [1.807, 2.05) is 26.0 Å². The van der Waals surface area contributed by atoms with Gasteiger partial charge in [-0.2, -0.15) is 0 Å². The van der Waals surface area contributed by atoms with Gasteiger partial charge in [-0.25, -0.2) is 0 Å². The Morgan fingerprint density at radius 3 is 2.81 bits per heavy atom. The van der Waals surface area contributed by atoms with Crippen LogP contribution in [0.5, 0.6) is 0 Å². The van der Waals surface area contributed by atoms with Gasteiger partial charge >= 0.3 is 4.87 Å². The Labute approximate surface area is 125 Å². The number of fused-ring (bicyclic) bond motifs is 1. The van der Waals surface area contributed by atoms with E-state index in [-0.39, 0.29) is 10.8 Å². The predicted molar refractivity (Wildman–Crippen MR) is 83.9 cm³/mol. The Morgan fingerprint density at radius 2 is 2.10 bits per heavy atom. The molecule has 2 aromatic heterocycles. The molecule has 0 unspecified atom stereocenters. The minimum Gasteiger partial charge on any atom is -0.358 e. The first-order chi connectivity index (χ1) is 10.0. The molecule has 21 heavy (non-hydrogen) atoms. The number of amides is 1. The van der Waals surface area contributed by atoms with Gasteiger partial charge in [-0.1, -0.05) is 11.3 Å². The van der Waals surface area contributed by atoms with Crippen molar-refractivity contribution in [3.8, 4) is 0 Å². The Balaban J connectivity index is 1.81. The maximum absolute atomic E-state index is 12.2. The quantitative estimate of drug-likeness (QED) is 0.695. The van der Waals surface area contributed by atoms with Crippen molar-refractivity contribution in [2.75, 3.05) is 0 Å². The van der Waals surface area contributed by atoms with Gasteiger partial charge in [0.05, 0.1) is 6.54 Å². The monoisotopic (exact) mass is 301 g/mol. The Morgan fingerprint density at radius 1 is 1.29 bits per heavy atom. The Kier molecular flexibility index (Phi) is 3.39. The normalized spacial score (nSPS) is 11.0. The SMILES string of the molecule is Cc1[nH]c2ccc(C(=O)NCc3csc(=O)[nH]3)cc2c1C. The van der Waals surface area contributed by atoms with E-state index < -0.39 is 0 Å². The van der Waals surface area contributed by atoms with Gasteiger partial charge in [-0.15, -0.1) is 0 Å². The Hall–Kier alpha value is -2.34. The van der Waals surface area contributed by atoms with Crippen LogP contribution in [-0.4, -0.2) is 15.9 Å². The summed E-state index contributed by atoms with van der Waals surface area (Å²) in [4.78, 5) is 29.1. The number of hydrogen-bond acceptors (Lipinski definition) is 3. The molecule has 0 aliphatic carbocycles. The molecular formula is C15H15N3O2S. The van der Waals surface area contributed by atoms with Crippen molar-refractivity contribution in [2.45, 2.75) is 20.4 Å². The van der Waals surface area contributed by atoms with Crippen LogP contribution in [0.15, 0.2) is 28.4 Å². The van der Waals surface area contributed by atoms with Gasteiger partial charge in [0, 0.05) is 33.2 Å². The lowest BCUT2D eigenvalue weighted by Crippen LogP contribution is -2.23. The van der Waals surface area contributed by atoms with Crippen molar-refractivity contribution >= 4 is 28.1 Å². The van der Waals surface area contributed by atoms with E-state index in [9.17, 15) is 9.59 Å². The highest BCUT2D eigenvalue weighted by Crippen LogP contribution is 2.22. The molecule has 6 heteroatoms. The summed E-state index contributed by atoms with van der Waals surface area (Å²) in [5, 5.41) is 5.58. The number of aromatic amines is 2. The van der Waals surface area contributed by atoms with Gasteiger partial charge in [0.25, 0.3) is 5.91 Å². The molecule has 0 saturated carbocycles. The Bertz CT molecular complexity index is 873. The fraction of sp³-hybridized carbons (Fsp3) is 0.200. The van der Waals surface area contributed by atoms with E-state index in [0.29, 0.717) is 17.8 Å². The molecule has 0 saturated heterocycles. The number of H-pyrrole nitrogens is 2. The van der Waals surface area contributed by atoms with Crippen LogP contribution in [0.1, 0.15) is 27.3 Å². The van der Waals surface area contributed by atoms with Crippen LogP contribution in [-0.2, 0) is 6.54 Å². The van der Waals surface area contributed by atoms with Crippen LogP contribution in [0, 0.1) is 13.8 Å². The lowest BCUT2D eigenvalue weighted by molar-refractivity contribution is 0.0950. The highest BCUT2D eigenvalue weighted by atomic mass is 32.1. The number of nitrogens with one attached hydrogen (secondary N) is 3. The number of thiazole rings is 1. The summed E-state index contributed by atoms with van der Waals surface area (Å²) >= 11 is 1.09. The molecule has 2 heterocycles. The molecule has 5 nitrogen and oxygen atoms in total. The zero-order valence-corrected chi connectivity index (χ0v) is 12.6. The summed E-state index contributed by atoms with van der Waals surface area (Å²) in [5.41, 5.74) is 4.62. The number of benzene rings is 1. The van der Waals surface area contributed by atoms with Gasteiger partial charge in [0.15, 0.2) is 0 Å². The first kappa shape index (κ1) is 13.6. The second kappa shape index (κ2) is 5.21. The van der Waals surface area contributed by atoms with Crippen LogP contribution < -0.4 is 10.2 Å². The molecule has 0 bridgehead atoms. The van der Waals surface area contributed by atoms with E-state index in [4.69, 9.17) is 0 Å². The number of aryl methyl sites for hydroxylation is 2. The third kappa shape index (κ3) is 2.62. The van der Waals surface area contributed by atoms with Crippen molar-refractivity contribution in [2.24, 2.45) is 0 Å². The van der Waals surface area contributed by atoms with Crippen molar-refractivity contribution in [3.63, 3.8) is 0 Å². The van der Waals surface area contributed by atoms with E-state index in [1.54, 1.807) is 11.4 Å². The number of rotatable bonds is 3. The largest absolute Gasteiger partial charge is 0.358 e. The predicted octanol–water partition coefficient (Wildman–Crippen LogP) is 2.46. The fourth-order valence-corrected chi connectivity index (χ4v) is 2.86. The van der Waals surface area contributed by atoms with Gasteiger partial charge in [-0.05, 0) is 37.6 Å². The lowest BCUT2D eigenvalue weighted by Gasteiger charge is -2.04. The van der Waals surface area contributed by atoms with Gasteiger partial charge in [-0.3, -0.25) is 9.59 Å². The van der Waals surface area contributed by atoms with E-state index in [1.165, 1.54) is 0 Å². The van der Waals surface area contributed by atoms with Crippen LogP contribution in [0.25, 0.3) is 10.9 Å². The molecule has 3 N–H and O–H groups in total. The fourth-order valence-electron chi connectivity index (χ4n) is 2.28. The second-order valence-electron chi connectivity index (χ2n) is 4.99. The second-order valence-corrected chi connectivity index (χ2v) is 5.83. The molecule has 0 aliphatic heterocycles. The topological polar surface area (TPSA) is 77.8 Å². The molecule has 108 valence electrons. The number of hydrogen-bond donors (Lipinski definition) is 3. The average Bonchev–Trinajstić information content (AvgIpc) is 3.01. The molecular weight excluding hydrogens is 286 g/mol. The third-order valence-electron chi connectivity index (χ3n) is 3.58. The summed E-state index contributed by atoms with van der Waals surface area (Å²) in [7, 11) is 0. The van der Waals surface area contributed by atoms with Gasteiger partial charge in [0.1, 0.15) is 0 Å². The summed E-state index contributed by atoms with van der Waals surface area (Å²) in [6, 6.07) is 5.60. The van der Waals surface area contributed by atoms with Crippen LogP contribution in [0.4, 0.5) is 0 Å². The van der Waals surface area contributed by atoms with E-state index in [0.717, 1.165) is 33.5 Å². The highest BCUT2D eigenvalue weighted by Gasteiger charge is 2.10. The molecule has 1 aromatic carbocycles. The maximum atomic E-state index is 12.2. The molecule has 0 atom stereocenters. The zero-order chi connectivity index (χ0) is 15.0. The lowest BCUT2D eigenvalue weighted by atomic mass is 10.1. The molecule has 0 aliphatic rings. The summed E-state index contributed by atoms with van der Waals surface area (Å²) in [6.07, 6.45) is 0. The van der Waals surface area contributed by atoms with E-state index in [2.05, 4.69) is 15.3 Å². The smallest absolute Gasteiger partial charge is 0.304 e. The summed E-state index contributed by atoms with van der Waals surface area (Å²) in [5.74, 6) is -0.151. The summed E-state index contributed by atoms with van der Waals surface area (Å²) < 4.78 is 0. The van der Waals surface area contributed by atoms with Crippen LogP contribution in [0.3, 0.4) is 0 Å². The minimum absolute atomic E-state index is 0.112. The van der Waals surface area contributed by atoms with E-state index >= 15 is 0 Å². The van der Waals surface area contributed by atoms with Crippen molar-refractivity contribution < 1.29 is 4.79 Å².